The van der Waals surface area contributed by atoms with Crippen molar-refractivity contribution in [3.05, 3.63) is 70.9 Å². The zero-order valence-corrected chi connectivity index (χ0v) is 12.6. The van der Waals surface area contributed by atoms with Crippen LogP contribution in [0, 0.1) is 5.82 Å². The van der Waals surface area contributed by atoms with Crippen LogP contribution >= 0.6 is 15.9 Å². The monoisotopic (exact) mass is 346 g/mol. The first-order valence-electron chi connectivity index (χ1n) is 6.39. The maximum absolute atomic E-state index is 13.2. The fourth-order valence-electron chi connectivity index (χ4n) is 1.99. The van der Waals surface area contributed by atoms with E-state index in [1.54, 1.807) is 18.3 Å². The van der Waals surface area contributed by atoms with Gasteiger partial charge in [-0.1, -0.05) is 18.2 Å². The molecule has 0 atom stereocenters. The van der Waals surface area contributed by atoms with Gasteiger partial charge in [0.1, 0.15) is 5.82 Å². The van der Waals surface area contributed by atoms with Gasteiger partial charge in [-0.15, -0.1) is 0 Å². The molecule has 0 fully saturated rings. The van der Waals surface area contributed by atoms with Crippen LogP contribution < -0.4 is 5.32 Å². The van der Waals surface area contributed by atoms with Gasteiger partial charge in [0.15, 0.2) is 12.2 Å². The van der Waals surface area contributed by atoms with E-state index in [-0.39, 0.29) is 5.82 Å². The number of aromatic nitrogens is 1. The second kappa shape index (κ2) is 6.10. The van der Waals surface area contributed by atoms with Gasteiger partial charge in [-0.05, 0) is 45.8 Å². The summed E-state index contributed by atoms with van der Waals surface area (Å²) in [6.07, 6.45) is 3.08. The van der Waals surface area contributed by atoms with Crippen molar-refractivity contribution in [3.63, 3.8) is 0 Å². The first kappa shape index (κ1) is 13.8. The smallest absolute Gasteiger partial charge is 0.181 e. The van der Waals surface area contributed by atoms with Gasteiger partial charge in [-0.3, -0.25) is 0 Å². The summed E-state index contributed by atoms with van der Waals surface area (Å²) in [5.41, 5.74) is 2.91. The number of benzene rings is 2. The van der Waals surface area contributed by atoms with Crippen molar-refractivity contribution >= 4 is 21.6 Å². The summed E-state index contributed by atoms with van der Waals surface area (Å²) in [5.74, 6) is 0.467. The van der Waals surface area contributed by atoms with Crippen LogP contribution in [0.4, 0.5) is 10.1 Å². The lowest BCUT2D eigenvalue weighted by Gasteiger charge is -2.08. The van der Waals surface area contributed by atoms with E-state index in [0.29, 0.717) is 11.0 Å². The molecule has 3 nitrogen and oxygen atoms in total. The number of hydrogen-bond acceptors (Lipinski definition) is 3. The SMILES string of the molecule is Fc1ccc(CNc2cccc(-c3cnco3)c2)cc1Br. The van der Waals surface area contributed by atoms with Crippen LogP contribution in [0.5, 0.6) is 0 Å². The van der Waals surface area contributed by atoms with Crippen LogP contribution in [0.25, 0.3) is 11.3 Å². The summed E-state index contributed by atoms with van der Waals surface area (Å²) in [6.45, 7) is 0.610. The van der Waals surface area contributed by atoms with Crippen LogP contribution in [-0.2, 0) is 6.54 Å². The molecule has 1 heterocycles. The lowest BCUT2D eigenvalue weighted by Crippen LogP contribution is -1.99. The van der Waals surface area contributed by atoms with E-state index in [1.807, 2.05) is 24.3 Å². The molecule has 5 heteroatoms. The van der Waals surface area contributed by atoms with Gasteiger partial charge in [0.25, 0.3) is 0 Å². The van der Waals surface area contributed by atoms with E-state index in [1.165, 1.54) is 12.5 Å². The maximum atomic E-state index is 13.2. The molecular formula is C16H12BrFN2O. The first-order valence-corrected chi connectivity index (χ1v) is 7.18. The van der Waals surface area contributed by atoms with Gasteiger partial charge >= 0.3 is 0 Å². The first-order chi connectivity index (χ1) is 10.2. The predicted octanol–water partition coefficient (Wildman–Crippen LogP) is 4.86. The Kier molecular flexibility index (Phi) is 4.01. The number of rotatable bonds is 4. The Labute approximate surface area is 130 Å². The number of nitrogens with zero attached hydrogens (tertiary/aromatic N) is 1. The minimum Gasteiger partial charge on any atom is -0.444 e. The third kappa shape index (κ3) is 3.31. The van der Waals surface area contributed by atoms with Crippen LogP contribution in [0.15, 0.2) is 63.9 Å². The normalized spacial score (nSPS) is 10.6. The molecule has 0 aliphatic carbocycles. The van der Waals surface area contributed by atoms with Crippen LogP contribution in [0.1, 0.15) is 5.56 Å². The number of halogens is 2. The Morgan fingerprint density at radius 3 is 2.86 bits per heavy atom. The molecule has 0 saturated heterocycles. The number of oxazole rings is 1. The minimum atomic E-state index is -0.258. The number of hydrogen-bond donors (Lipinski definition) is 1. The second-order valence-corrected chi connectivity index (χ2v) is 5.40. The molecule has 0 bridgehead atoms. The fourth-order valence-corrected chi connectivity index (χ4v) is 2.42. The Bertz CT molecular complexity index is 744. The van der Waals surface area contributed by atoms with Crippen LogP contribution in [0.3, 0.4) is 0 Å². The standard InChI is InChI=1S/C16H12BrFN2O/c17-14-6-11(4-5-15(14)18)8-20-13-3-1-2-12(7-13)16-9-19-10-21-16/h1-7,9-10,20H,8H2. The molecule has 2 aromatic carbocycles. The molecule has 1 aromatic heterocycles. The fraction of sp³-hybridized carbons (Fsp3) is 0.0625. The predicted molar refractivity (Wildman–Crippen MR) is 83.4 cm³/mol. The van der Waals surface area contributed by atoms with E-state index in [9.17, 15) is 4.39 Å². The summed E-state index contributed by atoms with van der Waals surface area (Å²) in [6, 6.07) is 12.8. The van der Waals surface area contributed by atoms with Crippen molar-refractivity contribution in [2.24, 2.45) is 0 Å². The topological polar surface area (TPSA) is 38.1 Å². The number of anilines is 1. The highest BCUT2D eigenvalue weighted by Crippen LogP contribution is 2.23. The zero-order valence-electron chi connectivity index (χ0n) is 11.0. The Balaban J connectivity index is 1.73. The van der Waals surface area contributed by atoms with Gasteiger partial charge in [0.2, 0.25) is 0 Å². The molecule has 0 unspecified atom stereocenters. The molecule has 3 rings (SSSR count). The van der Waals surface area contributed by atoms with Gasteiger partial charge < -0.3 is 9.73 Å². The highest BCUT2D eigenvalue weighted by Gasteiger charge is 2.03. The summed E-state index contributed by atoms with van der Waals surface area (Å²) in [4.78, 5) is 3.91. The molecular weight excluding hydrogens is 335 g/mol. The molecule has 3 aromatic rings. The summed E-state index contributed by atoms with van der Waals surface area (Å²) in [7, 11) is 0. The average molecular weight is 347 g/mol. The van der Waals surface area contributed by atoms with Gasteiger partial charge in [-0.2, -0.15) is 0 Å². The Morgan fingerprint density at radius 1 is 1.19 bits per heavy atom. The van der Waals surface area contributed by atoms with E-state index in [0.717, 1.165) is 22.6 Å². The van der Waals surface area contributed by atoms with Gasteiger partial charge in [0.05, 0.1) is 10.7 Å². The molecule has 106 valence electrons. The van der Waals surface area contributed by atoms with Crippen LogP contribution in [-0.4, -0.2) is 4.98 Å². The lowest BCUT2D eigenvalue weighted by molar-refractivity contribution is 0.572. The van der Waals surface area contributed by atoms with Crippen molar-refractivity contribution < 1.29 is 8.81 Å². The quantitative estimate of drug-likeness (QED) is 0.733. The third-order valence-corrected chi connectivity index (χ3v) is 3.67. The van der Waals surface area contributed by atoms with E-state index >= 15 is 0 Å². The van der Waals surface area contributed by atoms with E-state index in [2.05, 4.69) is 26.2 Å². The average Bonchev–Trinajstić information content (AvgIpc) is 3.03. The van der Waals surface area contributed by atoms with Gasteiger partial charge in [-0.25, -0.2) is 9.37 Å². The van der Waals surface area contributed by atoms with Crippen molar-refractivity contribution in [1.82, 2.24) is 4.98 Å². The molecule has 21 heavy (non-hydrogen) atoms. The molecule has 0 aliphatic rings. The highest BCUT2D eigenvalue weighted by atomic mass is 79.9. The molecule has 0 radical (unpaired) electrons. The zero-order chi connectivity index (χ0) is 14.7. The Morgan fingerprint density at radius 2 is 2.10 bits per heavy atom. The third-order valence-electron chi connectivity index (χ3n) is 3.06. The Hall–Kier alpha value is -2.14. The molecule has 0 aliphatic heterocycles. The van der Waals surface area contributed by atoms with Crippen molar-refractivity contribution in [2.75, 3.05) is 5.32 Å². The molecule has 0 spiro atoms. The molecule has 1 N–H and O–H groups in total. The van der Waals surface area contributed by atoms with E-state index < -0.39 is 0 Å². The van der Waals surface area contributed by atoms with Crippen molar-refractivity contribution in [2.45, 2.75) is 6.54 Å². The van der Waals surface area contributed by atoms with E-state index in [4.69, 9.17) is 4.42 Å². The largest absolute Gasteiger partial charge is 0.444 e. The maximum Gasteiger partial charge on any atom is 0.181 e. The minimum absolute atomic E-state index is 0.258. The summed E-state index contributed by atoms with van der Waals surface area (Å²) in [5, 5.41) is 3.30. The second-order valence-electron chi connectivity index (χ2n) is 4.55. The lowest BCUT2D eigenvalue weighted by atomic mass is 10.1. The van der Waals surface area contributed by atoms with Crippen LogP contribution in [0.2, 0.25) is 0 Å². The van der Waals surface area contributed by atoms with Gasteiger partial charge in [0, 0.05) is 17.8 Å². The summed E-state index contributed by atoms with van der Waals surface area (Å²) >= 11 is 3.19. The van der Waals surface area contributed by atoms with Crippen molar-refractivity contribution in [3.8, 4) is 11.3 Å². The molecule has 0 amide bonds. The number of nitrogens with one attached hydrogen (secondary N) is 1. The highest BCUT2D eigenvalue weighted by molar-refractivity contribution is 9.10. The van der Waals surface area contributed by atoms with Crippen molar-refractivity contribution in [1.29, 1.82) is 0 Å². The molecule has 0 saturated carbocycles. The summed E-state index contributed by atoms with van der Waals surface area (Å²) < 4.78 is 18.9.